The van der Waals surface area contributed by atoms with Crippen LogP contribution >= 0.6 is 0 Å². The minimum atomic E-state index is -0.899. The molecule has 4 heteroatoms. The van der Waals surface area contributed by atoms with Crippen molar-refractivity contribution in [3.8, 4) is 0 Å². The van der Waals surface area contributed by atoms with Gasteiger partial charge in [-0.1, -0.05) is 108 Å². The maximum atomic E-state index is 13.0. The smallest absolute Gasteiger partial charge is 0.338 e. The summed E-state index contributed by atoms with van der Waals surface area (Å²) in [5.74, 6) is -0.208. The van der Waals surface area contributed by atoms with Gasteiger partial charge in [-0.15, -0.1) is 0 Å². The normalized spacial score (nSPS) is 11.8. The first kappa shape index (κ1) is 33.6. The fourth-order valence-electron chi connectivity index (χ4n) is 4.49. The van der Waals surface area contributed by atoms with Crippen molar-refractivity contribution in [2.75, 3.05) is 13.2 Å². The summed E-state index contributed by atoms with van der Waals surface area (Å²) in [4.78, 5) is 13.0. The van der Waals surface area contributed by atoms with Crippen molar-refractivity contribution in [2.45, 2.75) is 155 Å². The third-order valence-electron chi connectivity index (χ3n) is 7.03. The van der Waals surface area contributed by atoms with Gasteiger partial charge in [0.15, 0.2) is 5.60 Å². The number of hydrogen-bond donors (Lipinski definition) is 0. The molecule has 0 N–H and O–H groups in total. The summed E-state index contributed by atoms with van der Waals surface area (Å²) in [7, 11) is 0. The zero-order valence-corrected chi connectivity index (χ0v) is 24.7. The van der Waals surface area contributed by atoms with E-state index in [1.807, 2.05) is 32.0 Å². The van der Waals surface area contributed by atoms with Crippen LogP contribution in [0.3, 0.4) is 0 Å². The predicted octanol–water partition coefficient (Wildman–Crippen LogP) is 9.58. The number of unbranched alkanes of at least 4 members (excludes halogenated alkanes) is 12. The highest BCUT2D eigenvalue weighted by atomic mass is 16.6. The number of esters is 1. The largest absolute Gasteiger partial charge is 0.460 e. The zero-order chi connectivity index (χ0) is 27.0. The van der Waals surface area contributed by atoms with Crippen LogP contribution in [0.4, 0.5) is 0 Å². The van der Waals surface area contributed by atoms with E-state index in [0.717, 1.165) is 51.6 Å². The van der Waals surface area contributed by atoms with E-state index in [1.165, 1.54) is 69.8 Å². The van der Waals surface area contributed by atoms with Crippen molar-refractivity contribution in [1.29, 1.82) is 0 Å². The van der Waals surface area contributed by atoms with E-state index in [9.17, 15) is 4.79 Å². The third kappa shape index (κ3) is 18.5. The average Bonchev–Trinajstić information content (AvgIpc) is 2.89. The summed E-state index contributed by atoms with van der Waals surface area (Å²) in [5, 5.41) is 0. The molecule has 0 aliphatic heterocycles. The molecule has 0 unspecified atom stereocenters. The van der Waals surface area contributed by atoms with Gasteiger partial charge < -0.3 is 14.2 Å². The fourth-order valence-corrected chi connectivity index (χ4v) is 4.49. The Kier molecular flexibility index (Phi) is 20.5. The summed E-state index contributed by atoms with van der Waals surface area (Å²) >= 11 is 0. The first-order chi connectivity index (χ1) is 18.0. The van der Waals surface area contributed by atoms with Crippen molar-refractivity contribution in [3.63, 3.8) is 0 Å². The average molecular weight is 519 g/mol. The Balaban J connectivity index is 2.28. The summed E-state index contributed by atoms with van der Waals surface area (Å²) in [6.45, 7) is 10.2. The molecule has 0 aliphatic rings. The highest BCUT2D eigenvalue weighted by Crippen LogP contribution is 2.21. The molecule has 0 atom stereocenters. The van der Waals surface area contributed by atoms with Crippen LogP contribution in [-0.2, 0) is 25.6 Å². The number of benzene rings is 1. The molecule has 0 saturated carbocycles. The van der Waals surface area contributed by atoms with E-state index in [2.05, 4.69) is 26.0 Å². The highest BCUT2D eigenvalue weighted by Gasteiger charge is 2.32. The van der Waals surface area contributed by atoms with Gasteiger partial charge >= 0.3 is 5.97 Å². The maximum Gasteiger partial charge on any atom is 0.338 e. The lowest BCUT2D eigenvalue weighted by Crippen LogP contribution is -2.39. The van der Waals surface area contributed by atoms with Crippen molar-refractivity contribution < 1.29 is 19.0 Å². The topological polar surface area (TPSA) is 44.8 Å². The van der Waals surface area contributed by atoms with Gasteiger partial charge in [-0.3, -0.25) is 0 Å². The van der Waals surface area contributed by atoms with Gasteiger partial charge in [-0.2, -0.15) is 0 Å². The van der Waals surface area contributed by atoms with Gasteiger partial charge in [0.1, 0.15) is 6.10 Å². The van der Waals surface area contributed by atoms with Crippen LogP contribution in [0.25, 0.3) is 0 Å². The first-order valence-corrected chi connectivity index (χ1v) is 15.5. The van der Waals surface area contributed by atoms with E-state index in [0.29, 0.717) is 13.2 Å². The van der Waals surface area contributed by atoms with E-state index in [-0.39, 0.29) is 12.1 Å². The number of rotatable bonds is 25. The lowest BCUT2D eigenvalue weighted by atomic mass is 10.0. The van der Waals surface area contributed by atoms with Gasteiger partial charge in [0.25, 0.3) is 0 Å². The fraction of sp³-hybridized carbons (Fsp3) is 0.788. The van der Waals surface area contributed by atoms with Crippen LogP contribution in [-0.4, -0.2) is 30.9 Å². The van der Waals surface area contributed by atoms with Gasteiger partial charge in [-0.05, 0) is 64.4 Å². The second kappa shape index (κ2) is 22.6. The molecule has 0 aliphatic carbocycles. The van der Waals surface area contributed by atoms with Crippen molar-refractivity contribution in [1.82, 2.24) is 0 Å². The van der Waals surface area contributed by atoms with Crippen LogP contribution < -0.4 is 0 Å². The Morgan fingerprint density at radius 3 is 1.81 bits per heavy atom. The van der Waals surface area contributed by atoms with Crippen LogP contribution in [0, 0.1) is 0 Å². The molecule has 0 bridgehead atoms. The molecule has 1 aromatic carbocycles. The number of carbonyl (C=O) groups is 1. The molecule has 0 aromatic heterocycles. The summed E-state index contributed by atoms with van der Waals surface area (Å²) in [6.07, 6.45) is 20.1. The minimum Gasteiger partial charge on any atom is -0.460 e. The van der Waals surface area contributed by atoms with Crippen molar-refractivity contribution >= 4 is 5.97 Å². The quantitative estimate of drug-likeness (QED) is 0.0954. The minimum absolute atomic E-state index is 0.0227. The first-order valence-electron chi connectivity index (χ1n) is 15.5. The molecule has 0 saturated heterocycles. The third-order valence-corrected chi connectivity index (χ3v) is 7.03. The van der Waals surface area contributed by atoms with Gasteiger partial charge in [0.2, 0.25) is 0 Å². The standard InChI is InChI=1S/C33H58O4/c1-5-7-9-11-13-19-25-31(26-20-14-12-10-8-6-2)37-32(34)33(3,4)36-28-22-16-21-27-35-29-30-23-17-15-18-24-30/h15,17-18,23-24,31H,5-14,16,19-22,25-29H2,1-4H3. The summed E-state index contributed by atoms with van der Waals surface area (Å²) in [6, 6.07) is 10.3. The number of hydrogen-bond acceptors (Lipinski definition) is 4. The summed E-state index contributed by atoms with van der Waals surface area (Å²) in [5.41, 5.74) is 0.307. The predicted molar refractivity (Wildman–Crippen MR) is 156 cm³/mol. The Morgan fingerprint density at radius 1 is 0.703 bits per heavy atom. The van der Waals surface area contributed by atoms with Crippen LogP contribution in [0.2, 0.25) is 0 Å². The lowest BCUT2D eigenvalue weighted by Gasteiger charge is -2.27. The molecule has 1 aromatic rings. The lowest BCUT2D eigenvalue weighted by molar-refractivity contribution is -0.174. The van der Waals surface area contributed by atoms with Gasteiger partial charge in [0, 0.05) is 13.2 Å². The van der Waals surface area contributed by atoms with Crippen LogP contribution in [0.1, 0.15) is 142 Å². The molecule has 4 nitrogen and oxygen atoms in total. The Morgan fingerprint density at radius 2 is 1.22 bits per heavy atom. The molecule has 0 spiro atoms. The van der Waals surface area contributed by atoms with E-state index >= 15 is 0 Å². The molecule has 37 heavy (non-hydrogen) atoms. The number of carbonyl (C=O) groups excluding carboxylic acids is 1. The van der Waals surface area contributed by atoms with E-state index in [4.69, 9.17) is 14.2 Å². The molecule has 0 heterocycles. The molecule has 0 radical (unpaired) electrons. The molecular formula is C33H58O4. The summed E-state index contributed by atoms with van der Waals surface area (Å²) < 4.78 is 17.8. The second-order valence-electron chi connectivity index (χ2n) is 11.1. The Bertz CT molecular complexity index is 627. The molecule has 1 rings (SSSR count). The Hall–Kier alpha value is -1.39. The van der Waals surface area contributed by atoms with Crippen LogP contribution in [0.15, 0.2) is 30.3 Å². The zero-order valence-electron chi connectivity index (χ0n) is 24.7. The van der Waals surface area contributed by atoms with Crippen molar-refractivity contribution in [2.24, 2.45) is 0 Å². The highest BCUT2D eigenvalue weighted by molar-refractivity contribution is 5.78. The molecule has 0 fully saturated rings. The monoisotopic (exact) mass is 518 g/mol. The molecule has 214 valence electrons. The van der Waals surface area contributed by atoms with Gasteiger partial charge in [-0.25, -0.2) is 4.79 Å². The molecule has 0 amide bonds. The SMILES string of the molecule is CCCCCCCCC(CCCCCCCC)OC(=O)C(C)(C)OCCCCCOCc1ccccc1. The molecular weight excluding hydrogens is 460 g/mol. The van der Waals surface area contributed by atoms with Crippen LogP contribution in [0.5, 0.6) is 0 Å². The van der Waals surface area contributed by atoms with Crippen molar-refractivity contribution in [3.05, 3.63) is 35.9 Å². The number of ether oxygens (including phenoxy) is 3. The second-order valence-corrected chi connectivity index (χ2v) is 11.1. The Labute approximate surface area is 229 Å². The maximum absolute atomic E-state index is 13.0. The van der Waals surface area contributed by atoms with E-state index < -0.39 is 5.60 Å². The van der Waals surface area contributed by atoms with E-state index in [1.54, 1.807) is 0 Å². The van der Waals surface area contributed by atoms with Gasteiger partial charge in [0.05, 0.1) is 6.61 Å².